The molecule has 0 spiro atoms. The summed E-state index contributed by atoms with van der Waals surface area (Å²) in [5, 5.41) is 8.32. The number of carbonyl (C=O) groups is 2. The van der Waals surface area contributed by atoms with E-state index in [1.165, 1.54) is 0 Å². The maximum absolute atomic E-state index is 15.3. The van der Waals surface area contributed by atoms with Gasteiger partial charge in [-0.1, -0.05) is 277 Å². The van der Waals surface area contributed by atoms with Crippen molar-refractivity contribution in [2.75, 3.05) is 19.8 Å². The second kappa shape index (κ2) is 46.0. The van der Waals surface area contributed by atoms with Crippen LogP contribution in [0.25, 0.3) is 0 Å². The zero-order chi connectivity index (χ0) is 96.6. The molecule has 31 heteroatoms. The highest BCUT2D eigenvalue weighted by Crippen LogP contribution is 2.49. The maximum atomic E-state index is 15.3. The Morgan fingerprint density at radius 2 is 0.885 bits per heavy atom. The van der Waals surface area contributed by atoms with Gasteiger partial charge in [-0.25, -0.2) is 0 Å². The molecule has 740 valence electrons. The van der Waals surface area contributed by atoms with Gasteiger partial charge in [0.15, 0.2) is 64.2 Å². The highest BCUT2D eigenvalue weighted by Gasteiger charge is 2.61. The number of fused-ring (bicyclic) bond motifs is 1. The van der Waals surface area contributed by atoms with Gasteiger partial charge in [0, 0.05) is 30.1 Å². The molecule has 0 aromatic heterocycles. The Labute approximate surface area is 798 Å². The fourth-order valence-electron chi connectivity index (χ4n) is 16.6. The van der Waals surface area contributed by atoms with Gasteiger partial charge in [-0.05, 0) is 135 Å². The third kappa shape index (κ3) is 29.6. The molecule has 6 heterocycles. The minimum atomic E-state index is -2.71. The molecule has 6 aliphatic rings. The average molecular weight is 1960 g/mol. The third-order valence-corrected chi connectivity index (χ3v) is 48.0. The predicted octanol–water partition coefficient (Wildman–Crippen LogP) is 22.3. The van der Waals surface area contributed by atoms with Crippen molar-refractivity contribution in [3.63, 3.8) is 0 Å². The number of esters is 2. The van der Waals surface area contributed by atoms with Crippen LogP contribution in [0.1, 0.15) is 221 Å². The van der Waals surface area contributed by atoms with E-state index in [1.54, 1.807) is 20.8 Å². The largest absolute Gasteiger partial charge is 0.462 e. The monoisotopic (exact) mass is 1950 g/mol. The fraction of sp³-hybridized carbons (Fsp3) is 0.788. The van der Waals surface area contributed by atoms with Crippen LogP contribution in [0.5, 0.6) is 0 Å². The Morgan fingerprint density at radius 1 is 0.469 bits per heavy atom. The second-order valence-electron chi connectivity index (χ2n) is 44.3. The van der Waals surface area contributed by atoms with Gasteiger partial charge in [0.2, 0.25) is 12.2 Å². The van der Waals surface area contributed by atoms with E-state index in [2.05, 4.69) is 177 Å². The molecule has 3 aromatic rings. The Bertz CT molecular complexity index is 3980. The Hall–Kier alpha value is -2.91. The highest BCUT2D eigenvalue weighted by molar-refractivity contribution is 6.76. The SMILES string of the molecule is CC[C@H](C)[C@H](C[C@@H](CC(=O)O[C@H]1C(C)O[C@H](OC(=N)C(Cl)(Cl)Cl)C(O[C@@H]2OC(C)[C@H](O[C@@H]3OC[C@@H](OCc4ccccc4)C(O[C@@H]4OC[C@@H](OCc5ccccc5)C(OCc5ccccc5)C4C)C3C)C3OC(C)(C)OC32)C1C)O[Si](C)(C)C(C)(C)C)OC(=O)C[C@H](C[C@H](O[C@@H]1O[C@@H](CO[Si](C)(C)C(C)(C)C)C(O[Si](C)(C)C(C)(C)C)C1C)[C@@H](C)CC)O[Si](C)(C)C(C)(C)C. The first kappa shape index (κ1) is 111. The summed E-state index contributed by atoms with van der Waals surface area (Å²) in [5.41, 5.74) is 3.04. The molecule has 0 amide bonds. The van der Waals surface area contributed by atoms with Crippen LogP contribution in [0.3, 0.4) is 0 Å². The molecule has 3 aromatic carbocycles. The van der Waals surface area contributed by atoms with E-state index >= 15 is 9.59 Å². The molecule has 6 aliphatic heterocycles. The van der Waals surface area contributed by atoms with Crippen molar-refractivity contribution in [3.05, 3.63) is 108 Å². The van der Waals surface area contributed by atoms with Crippen molar-refractivity contribution in [2.45, 2.75) is 442 Å². The summed E-state index contributed by atoms with van der Waals surface area (Å²) in [6, 6.07) is 30.1. The normalized spacial score (nSPS) is 31.2. The summed E-state index contributed by atoms with van der Waals surface area (Å²) in [4.78, 5) is 30.6. The summed E-state index contributed by atoms with van der Waals surface area (Å²) >= 11 is 19.1. The first-order valence-corrected chi connectivity index (χ1v) is 60.5. The topological polar surface area (TPSA) is 252 Å². The zero-order valence-corrected chi connectivity index (χ0v) is 90.6. The predicted molar refractivity (Wildman–Crippen MR) is 517 cm³/mol. The van der Waals surface area contributed by atoms with Crippen molar-refractivity contribution in [1.29, 1.82) is 5.41 Å². The lowest BCUT2D eigenvalue weighted by Gasteiger charge is -2.49. The van der Waals surface area contributed by atoms with E-state index < -0.39 is 189 Å². The molecule has 9 rings (SSSR count). The molecule has 12 unspecified atom stereocenters. The number of halogens is 3. The number of carbonyl (C=O) groups excluding carboxylic acids is 2. The lowest BCUT2D eigenvalue weighted by molar-refractivity contribution is -0.360. The van der Waals surface area contributed by atoms with Crippen LogP contribution in [-0.4, -0.2) is 216 Å². The molecule has 6 saturated heterocycles. The minimum Gasteiger partial charge on any atom is -0.462 e. The van der Waals surface area contributed by atoms with Gasteiger partial charge in [-0.3, -0.25) is 15.0 Å². The molecule has 0 radical (unpaired) electrons. The first-order chi connectivity index (χ1) is 60.2. The molecule has 1 N–H and O–H groups in total. The summed E-state index contributed by atoms with van der Waals surface area (Å²) in [6.45, 7) is 69.9. The summed E-state index contributed by atoms with van der Waals surface area (Å²) in [7, 11) is -9.80. The summed E-state index contributed by atoms with van der Waals surface area (Å²) in [6.07, 6.45) is -14.9. The standard InChI is InChI=1S/C99H164Cl3NO23Si4/c1-33-60(3)73(114-78(104)52-72(125-129(29,30)96(17,18)19)51-74(61(4)34-2)115-90-65(8)83(126-130(31,32)97(20,21)22)77(116-90)59-111-127(25,26)94(11,12)13)50-71(124-128(27,28)95(14,15)16)53-79(105)117-80-62(5)84(91(112-66(80)9)121-93(103)99(100,101)102)119-92-87-86(122-98(23,24)123-87)85(67(10)113-92)120-89-64(7)82(76(58-110-89)107-55-69-46-40-36-41-47-69)118-88-63(6)81(108-56-70-48-42-37-43-49-70)75(57-109-88)106-54-68-44-38-35-39-45-68/h35-49,60-67,71-77,80-92,103H,33-34,50-59H2,1-32H3/t60-,61-,62?,63?,64?,65?,66?,67?,71-,72-,73-,74-,75+,76+,77-,80+,81?,82?,83?,84?,85-,86?,87?,88-,89-,90+,91+,92-/m0/s1. The summed E-state index contributed by atoms with van der Waals surface area (Å²) in [5.74, 6) is -4.82. The Morgan fingerprint density at radius 3 is 1.37 bits per heavy atom. The maximum Gasteiger partial charge on any atom is 0.308 e. The van der Waals surface area contributed by atoms with Crippen LogP contribution in [0, 0.1) is 40.9 Å². The first-order valence-electron chi connectivity index (χ1n) is 47.8. The van der Waals surface area contributed by atoms with Crippen LogP contribution < -0.4 is 0 Å². The van der Waals surface area contributed by atoms with E-state index in [-0.39, 0.29) is 94.6 Å². The number of ether oxygens (including phenoxy) is 17. The van der Waals surface area contributed by atoms with E-state index in [0.717, 1.165) is 23.1 Å². The zero-order valence-electron chi connectivity index (χ0n) is 84.3. The van der Waals surface area contributed by atoms with Crippen molar-refractivity contribution < 1.29 is 108 Å². The van der Waals surface area contributed by atoms with Gasteiger partial charge in [-0.15, -0.1) is 0 Å². The van der Waals surface area contributed by atoms with Gasteiger partial charge in [-0.2, -0.15) is 0 Å². The van der Waals surface area contributed by atoms with Crippen molar-refractivity contribution in [3.8, 4) is 0 Å². The number of rotatable bonds is 41. The molecule has 0 saturated carbocycles. The van der Waals surface area contributed by atoms with Gasteiger partial charge >= 0.3 is 11.9 Å². The van der Waals surface area contributed by atoms with Gasteiger partial charge in [0.25, 0.3) is 3.79 Å². The van der Waals surface area contributed by atoms with Crippen LogP contribution in [0.15, 0.2) is 91.0 Å². The Balaban J connectivity index is 0.934. The Kier molecular flexibility index (Phi) is 39.2. The number of hydrogen-bond acceptors (Lipinski definition) is 24. The van der Waals surface area contributed by atoms with E-state index in [9.17, 15) is 0 Å². The van der Waals surface area contributed by atoms with E-state index in [4.69, 9.17) is 138 Å². The molecule has 24 nitrogen and oxygen atoms in total. The molecule has 0 aliphatic carbocycles. The minimum absolute atomic E-state index is 0.00964. The highest BCUT2D eigenvalue weighted by atomic mass is 35.6. The summed E-state index contributed by atoms with van der Waals surface area (Å²) < 4.78 is 143. The molecule has 28 atom stereocenters. The van der Waals surface area contributed by atoms with Crippen LogP contribution in [-0.2, 0) is 128 Å². The van der Waals surface area contributed by atoms with E-state index in [1.807, 2.05) is 112 Å². The number of benzene rings is 3. The third-order valence-electron chi connectivity index (χ3n) is 29.4. The molecule has 6 fully saturated rings. The average Bonchev–Trinajstić information content (AvgIpc) is 1.55. The molecule has 0 bridgehead atoms. The number of hydrogen-bond donors (Lipinski definition) is 1. The molecule has 130 heavy (non-hydrogen) atoms. The fourth-order valence-corrected chi connectivity index (χ4v) is 21.8. The van der Waals surface area contributed by atoms with Crippen LogP contribution in [0.2, 0.25) is 72.5 Å². The van der Waals surface area contributed by atoms with Crippen LogP contribution in [0.4, 0.5) is 0 Å². The van der Waals surface area contributed by atoms with Crippen molar-refractivity contribution in [2.24, 2.45) is 35.5 Å². The van der Waals surface area contributed by atoms with E-state index in [0.29, 0.717) is 39.3 Å². The second-order valence-corrected chi connectivity index (χ2v) is 65.6. The van der Waals surface area contributed by atoms with Crippen molar-refractivity contribution >= 4 is 85.9 Å². The van der Waals surface area contributed by atoms with Gasteiger partial charge in [0.1, 0.15) is 54.9 Å². The lowest BCUT2D eigenvalue weighted by Crippen LogP contribution is -2.63. The van der Waals surface area contributed by atoms with Gasteiger partial charge < -0.3 is 98.2 Å². The number of alkyl halides is 3. The number of nitrogens with one attached hydrogen (secondary N) is 1. The van der Waals surface area contributed by atoms with Crippen LogP contribution >= 0.6 is 34.8 Å². The quantitative estimate of drug-likeness (QED) is 0.0182. The van der Waals surface area contributed by atoms with Gasteiger partial charge in [0.05, 0.1) is 101 Å². The lowest BCUT2D eigenvalue weighted by atomic mass is 9.90. The molecular weight excluding hydrogens is 1790 g/mol. The van der Waals surface area contributed by atoms with Crippen molar-refractivity contribution in [1.82, 2.24) is 0 Å². The molecular formula is C99H164Cl3NO23Si4. The smallest absolute Gasteiger partial charge is 0.308 e.